The Morgan fingerprint density at radius 3 is 2.60 bits per heavy atom. The van der Waals surface area contributed by atoms with E-state index >= 15 is 0 Å². The van der Waals surface area contributed by atoms with Crippen LogP contribution in [0.2, 0.25) is 0 Å². The Bertz CT molecular complexity index is 333. The number of rotatable bonds is 15. The molecule has 0 aromatic carbocycles. The molecule has 1 aliphatic rings. The SMILES string of the molecule is CCCCCCCCCCC1OCC(COC(=O)NCCCSO)O1. The second-order valence-electron chi connectivity index (χ2n) is 6.50. The van der Waals surface area contributed by atoms with Crippen LogP contribution in [0, 0.1) is 0 Å². The Morgan fingerprint density at radius 2 is 1.88 bits per heavy atom. The molecule has 0 aromatic rings. The molecule has 148 valence electrons. The average molecular weight is 378 g/mol. The summed E-state index contributed by atoms with van der Waals surface area (Å²) >= 11 is 0.772. The summed E-state index contributed by atoms with van der Waals surface area (Å²) in [6, 6.07) is 0. The molecule has 0 saturated carbocycles. The van der Waals surface area contributed by atoms with E-state index in [1.165, 1.54) is 44.9 Å². The lowest BCUT2D eigenvalue weighted by molar-refractivity contribution is -0.0709. The fraction of sp³-hybridized carbons (Fsp3) is 0.944. The summed E-state index contributed by atoms with van der Waals surface area (Å²) in [6.07, 6.45) is 11.2. The largest absolute Gasteiger partial charge is 0.447 e. The normalized spacial score (nSPS) is 19.9. The third-order valence-electron chi connectivity index (χ3n) is 4.19. The molecule has 0 spiro atoms. The first-order chi connectivity index (χ1) is 12.3. The van der Waals surface area contributed by atoms with E-state index < -0.39 is 6.09 Å². The van der Waals surface area contributed by atoms with Crippen molar-refractivity contribution in [3.8, 4) is 0 Å². The molecule has 1 rings (SSSR count). The van der Waals surface area contributed by atoms with Gasteiger partial charge in [-0.15, -0.1) is 0 Å². The molecule has 1 amide bonds. The van der Waals surface area contributed by atoms with E-state index in [1.807, 2.05) is 0 Å². The summed E-state index contributed by atoms with van der Waals surface area (Å²) in [7, 11) is 0. The maximum Gasteiger partial charge on any atom is 0.407 e. The van der Waals surface area contributed by atoms with Gasteiger partial charge in [0.25, 0.3) is 0 Å². The third kappa shape index (κ3) is 12.5. The first kappa shape index (κ1) is 22.5. The highest BCUT2D eigenvalue weighted by Gasteiger charge is 2.26. The van der Waals surface area contributed by atoms with Gasteiger partial charge in [0.15, 0.2) is 6.29 Å². The van der Waals surface area contributed by atoms with Crippen molar-refractivity contribution in [1.29, 1.82) is 0 Å². The average Bonchev–Trinajstić information content (AvgIpc) is 3.07. The molecular weight excluding hydrogens is 342 g/mol. The van der Waals surface area contributed by atoms with Crippen LogP contribution >= 0.6 is 12.0 Å². The van der Waals surface area contributed by atoms with Crippen LogP contribution in [0.25, 0.3) is 0 Å². The number of hydrogen-bond donors (Lipinski definition) is 2. The first-order valence-corrected chi connectivity index (χ1v) is 10.6. The minimum Gasteiger partial charge on any atom is -0.447 e. The molecule has 0 aliphatic carbocycles. The van der Waals surface area contributed by atoms with E-state index in [-0.39, 0.29) is 19.0 Å². The van der Waals surface area contributed by atoms with Gasteiger partial charge in [-0.25, -0.2) is 4.79 Å². The molecule has 0 bridgehead atoms. The number of unbranched alkanes of at least 4 members (excludes halogenated alkanes) is 7. The highest BCUT2D eigenvalue weighted by atomic mass is 32.2. The van der Waals surface area contributed by atoms with Gasteiger partial charge < -0.3 is 24.1 Å². The van der Waals surface area contributed by atoms with E-state index in [1.54, 1.807) is 0 Å². The molecule has 2 N–H and O–H groups in total. The molecule has 1 heterocycles. The Balaban J connectivity index is 1.92. The van der Waals surface area contributed by atoms with Crippen LogP contribution in [0.1, 0.15) is 71.1 Å². The molecule has 7 heteroatoms. The van der Waals surface area contributed by atoms with Crippen molar-refractivity contribution in [3.05, 3.63) is 0 Å². The zero-order chi connectivity index (χ0) is 18.2. The Morgan fingerprint density at radius 1 is 1.16 bits per heavy atom. The predicted octanol–water partition coefficient (Wildman–Crippen LogP) is 4.58. The predicted molar refractivity (Wildman–Crippen MR) is 101 cm³/mol. The summed E-state index contributed by atoms with van der Waals surface area (Å²) in [6.45, 7) is 3.44. The fourth-order valence-electron chi connectivity index (χ4n) is 2.74. The lowest BCUT2D eigenvalue weighted by atomic mass is 10.1. The first-order valence-electron chi connectivity index (χ1n) is 9.70. The summed E-state index contributed by atoms with van der Waals surface area (Å²) in [5.74, 6) is 0.597. The summed E-state index contributed by atoms with van der Waals surface area (Å²) in [5.41, 5.74) is 0. The van der Waals surface area contributed by atoms with Gasteiger partial charge in [-0.1, -0.05) is 51.9 Å². The van der Waals surface area contributed by atoms with Gasteiger partial charge in [-0.2, -0.15) is 0 Å². The van der Waals surface area contributed by atoms with Crippen molar-refractivity contribution in [3.63, 3.8) is 0 Å². The standard InChI is InChI=1S/C18H35NO5S/c1-2-3-4-5-6-7-8-9-11-17-22-14-16(24-17)15-23-18(20)19-12-10-13-25-21/h16-17,21H,2-15H2,1H3,(H,19,20). The maximum absolute atomic E-state index is 11.5. The van der Waals surface area contributed by atoms with Crippen LogP contribution in [-0.2, 0) is 14.2 Å². The van der Waals surface area contributed by atoms with Crippen LogP contribution in [0.15, 0.2) is 0 Å². The molecule has 1 fully saturated rings. The fourth-order valence-corrected chi connectivity index (χ4v) is 3.01. The van der Waals surface area contributed by atoms with Crippen molar-refractivity contribution in [1.82, 2.24) is 5.32 Å². The highest BCUT2D eigenvalue weighted by Crippen LogP contribution is 2.18. The Labute approximate surface area is 156 Å². The molecule has 6 nitrogen and oxygen atoms in total. The number of amides is 1. The third-order valence-corrected chi connectivity index (χ3v) is 4.66. The number of nitrogens with one attached hydrogen (secondary N) is 1. The summed E-state index contributed by atoms with van der Waals surface area (Å²) in [5, 5.41) is 2.64. The lowest BCUT2D eigenvalue weighted by Gasteiger charge is -2.12. The quantitative estimate of drug-likeness (QED) is 0.321. The van der Waals surface area contributed by atoms with Gasteiger partial charge >= 0.3 is 6.09 Å². The lowest BCUT2D eigenvalue weighted by Crippen LogP contribution is -2.29. The van der Waals surface area contributed by atoms with Crippen LogP contribution in [0.3, 0.4) is 0 Å². The van der Waals surface area contributed by atoms with E-state index in [0.717, 1.165) is 24.9 Å². The van der Waals surface area contributed by atoms with E-state index in [4.69, 9.17) is 18.8 Å². The van der Waals surface area contributed by atoms with Crippen LogP contribution < -0.4 is 5.32 Å². The molecule has 2 atom stereocenters. The van der Waals surface area contributed by atoms with Crippen molar-refractivity contribution < 1.29 is 23.6 Å². The topological polar surface area (TPSA) is 77.0 Å². The van der Waals surface area contributed by atoms with Crippen LogP contribution in [-0.4, -0.2) is 48.6 Å². The zero-order valence-electron chi connectivity index (χ0n) is 15.5. The molecule has 2 unspecified atom stereocenters. The van der Waals surface area contributed by atoms with Gasteiger partial charge in [0.1, 0.15) is 12.7 Å². The number of ether oxygens (including phenoxy) is 3. The highest BCUT2D eigenvalue weighted by molar-refractivity contribution is 7.93. The minimum absolute atomic E-state index is 0.154. The van der Waals surface area contributed by atoms with E-state index in [2.05, 4.69) is 12.2 Å². The zero-order valence-corrected chi connectivity index (χ0v) is 16.4. The van der Waals surface area contributed by atoms with Crippen LogP contribution in [0.4, 0.5) is 4.79 Å². The second-order valence-corrected chi connectivity index (χ2v) is 7.16. The molecular formula is C18H35NO5S. The number of alkyl carbamates (subject to hydrolysis) is 1. The monoisotopic (exact) mass is 377 g/mol. The Kier molecular flexibility index (Phi) is 14.2. The summed E-state index contributed by atoms with van der Waals surface area (Å²) in [4.78, 5) is 11.5. The minimum atomic E-state index is -0.446. The number of hydrogen-bond acceptors (Lipinski definition) is 6. The van der Waals surface area contributed by atoms with Crippen molar-refractivity contribution in [2.24, 2.45) is 0 Å². The molecule has 1 saturated heterocycles. The molecule has 0 radical (unpaired) electrons. The molecule has 1 aliphatic heterocycles. The molecule has 0 aromatic heterocycles. The Hall–Kier alpha value is -0.500. The van der Waals surface area contributed by atoms with Gasteiger partial charge in [0.2, 0.25) is 0 Å². The number of carbonyl (C=O) groups excluding carboxylic acids is 1. The maximum atomic E-state index is 11.5. The van der Waals surface area contributed by atoms with Gasteiger partial charge in [0, 0.05) is 12.3 Å². The van der Waals surface area contributed by atoms with Gasteiger partial charge in [-0.05, 0) is 31.3 Å². The van der Waals surface area contributed by atoms with Crippen LogP contribution in [0.5, 0.6) is 0 Å². The second kappa shape index (κ2) is 15.7. The van der Waals surface area contributed by atoms with Crippen molar-refractivity contribution in [2.75, 3.05) is 25.5 Å². The van der Waals surface area contributed by atoms with E-state index in [0.29, 0.717) is 25.3 Å². The molecule has 25 heavy (non-hydrogen) atoms. The van der Waals surface area contributed by atoms with Crippen molar-refractivity contribution in [2.45, 2.75) is 83.5 Å². The number of carbonyl (C=O) groups is 1. The van der Waals surface area contributed by atoms with E-state index in [9.17, 15) is 4.79 Å². The smallest absolute Gasteiger partial charge is 0.407 e. The summed E-state index contributed by atoms with van der Waals surface area (Å²) < 4.78 is 25.1. The van der Waals surface area contributed by atoms with Gasteiger partial charge in [-0.3, -0.25) is 0 Å². The van der Waals surface area contributed by atoms with Gasteiger partial charge in [0.05, 0.1) is 6.61 Å². The van der Waals surface area contributed by atoms with Crippen molar-refractivity contribution >= 4 is 18.1 Å².